The summed E-state index contributed by atoms with van der Waals surface area (Å²) in [6, 6.07) is 4.16. The van der Waals surface area contributed by atoms with Gasteiger partial charge in [0.05, 0.1) is 5.69 Å². The minimum atomic E-state index is 0.299. The summed E-state index contributed by atoms with van der Waals surface area (Å²) in [6.45, 7) is 8.73. The lowest BCUT2D eigenvalue weighted by molar-refractivity contribution is 0.170. The fourth-order valence-corrected chi connectivity index (χ4v) is 2.66. The molecule has 1 aliphatic heterocycles. The average molecular weight is 263 g/mol. The van der Waals surface area contributed by atoms with Crippen LogP contribution in [0.3, 0.4) is 0 Å². The first-order valence-corrected chi connectivity index (χ1v) is 7.31. The van der Waals surface area contributed by atoms with E-state index in [4.69, 9.17) is 0 Å². The fraction of sp³-hybridized carbons (Fsp3) is 0.733. The summed E-state index contributed by atoms with van der Waals surface area (Å²) in [5, 5.41) is 17.8. The highest BCUT2D eigenvalue weighted by Crippen LogP contribution is 2.27. The van der Waals surface area contributed by atoms with Crippen LogP contribution in [-0.4, -0.2) is 35.0 Å². The van der Waals surface area contributed by atoms with Crippen molar-refractivity contribution in [3.63, 3.8) is 0 Å². The van der Waals surface area contributed by atoms with Gasteiger partial charge in [-0.25, -0.2) is 0 Å². The number of nitrogens with zero attached hydrogens (tertiary/aromatic N) is 3. The number of rotatable bonds is 4. The molecule has 1 fully saturated rings. The van der Waals surface area contributed by atoms with Crippen LogP contribution in [-0.2, 0) is 0 Å². The maximum Gasteiger partial charge on any atom is 0.151 e. The van der Waals surface area contributed by atoms with E-state index in [9.17, 15) is 5.11 Å². The molecule has 4 nitrogen and oxygen atoms in total. The molecular weight excluding hydrogens is 238 g/mol. The van der Waals surface area contributed by atoms with Crippen molar-refractivity contribution in [3.05, 3.63) is 17.8 Å². The van der Waals surface area contributed by atoms with E-state index in [1.807, 2.05) is 0 Å². The first kappa shape index (κ1) is 14.3. The minimum Gasteiger partial charge on any atom is -0.396 e. The SMILES string of the molecule is CC(C)c1ccc(N2CCC(C(C)CO)CC2)nn1. The first-order valence-electron chi connectivity index (χ1n) is 7.31. The van der Waals surface area contributed by atoms with Crippen LogP contribution < -0.4 is 4.90 Å². The summed E-state index contributed by atoms with van der Waals surface area (Å²) in [6.07, 6.45) is 2.27. The van der Waals surface area contributed by atoms with Crippen LogP contribution in [0.2, 0.25) is 0 Å². The van der Waals surface area contributed by atoms with Gasteiger partial charge in [0.25, 0.3) is 0 Å². The highest BCUT2D eigenvalue weighted by atomic mass is 16.3. The van der Waals surface area contributed by atoms with Gasteiger partial charge in [-0.05, 0) is 42.7 Å². The third-order valence-electron chi connectivity index (χ3n) is 4.22. The van der Waals surface area contributed by atoms with E-state index in [-0.39, 0.29) is 0 Å². The standard InChI is InChI=1S/C15H25N3O/c1-11(2)14-4-5-15(17-16-14)18-8-6-13(7-9-18)12(3)10-19/h4-5,11-13,19H,6-10H2,1-3H3. The number of aliphatic hydroxyl groups excluding tert-OH is 1. The Bertz CT molecular complexity index is 383. The van der Waals surface area contributed by atoms with Crippen LogP contribution in [0.25, 0.3) is 0 Å². The van der Waals surface area contributed by atoms with Crippen LogP contribution >= 0.6 is 0 Å². The van der Waals surface area contributed by atoms with Crippen LogP contribution in [0.15, 0.2) is 12.1 Å². The number of piperidine rings is 1. The lowest BCUT2D eigenvalue weighted by atomic mass is 9.86. The van der Waals surface area contributed by atoms with Crippen molar-refractivity contribution in [2.75, 3.05) is 24.6 Å². The largest absolute Gasteiger partial charge is 0.396 e. The summed E-state index contributed by atoms with van der Waals surface area (Å²) in [7, 11) is 0. The molecule has 0 aliphatic carbocycles. The molecule has 4 heteroatoms. The zero-order chi connectivity index (χ0) is 13.8. The Morgan fingerprint density at radius 3 is 2.37 bits per heavy atom. The van der Waals surface area contributed by atoms with Gasteiger partial charge in [0.1, 0.15) is 0 Å². The second kappa shape index (κ2) is 6.33. The molecule has 2 rings (SSSR count). The van der Waals surface area contributed by atoms with Crippen molar-refractivity contribution < 1.29 is 5.11 Å². The zero-order valence-corrected chi connectivity index (χ0v) is 12.2. The van der Waals surface area contributed by atoms with E-state index >= 15 is 0 Å². The monoisotopic (exact) mass is 263 g/mol. The smallest absolute Gasteiger partial charge is 0.151 e. The molecule has 1 aliphatic rings. The Kier molecular flexibility index (Phi) is 4.75. The van der Waals surface area contributed by atoms with Crippen LogP contribution in [0.4, 0.5) is 5.82 Å². The molecule has 1 N–H and O–H groups in total. The van der Waals surface area contributed by atoms with Crippen molar-refractivity contribution in [1.82, 2.24) is 10.2 Å². The summed E-state index contributed by atoms with van der Waals surface area (Å²) in [4.78, 5) is 2.30. The third kappa shape index (κ3) is 3.44. The summed E-state index contributed by atoms with van der Waals surface area (Å²) in [5.74, 6) is 2.47. The Labute approximate surface area is 115 Å². The molecule has 0 radical (unpaired) electrons. The second-order valence-electron chi connectivity index (χ2n) is 5.96. The van der Waals surface area contributed by atoms with E-state index in [0.29, 0.717) is 24.4 Å². The van der Waals surface area contributed by atoms with Gasteiger partial charge < -0.3 is 10.0 Å². The quantitative estimate of drug-likeness (QED) is 0.906. The van der Waals surface area contributed by atoms with Crippen LogP contribution in [0, 0.1) is 11.8 Å². The zero-order valence-electron chi connectivity index (χ0n) is 12.2. The highest BCUT2D eigenvalue weighted by Gasteiger charge is 2.24. The van der Waals surface area contributed by atoms with Gasteiger partial charge in [-0.1, -0.05) is 20.8 Å². The van der Waals surface area contributed by atoms with Crippen LogP contribution in [0.1, 0.15) is 45.2 Å². The topological polar surface area (TPSA) is 49.2 Å². The van der Waals surface area contributed by atoms with E-state index in [1.54, 1.807) is 0 Å². The number of hydrogen-bond donors (Lipinski definition) is 1. The molecule has 0 spiro atoms. The minimum absolute atomic E-state index is 0.299. The van der Waals surface area contributed by atoms with Gasteiger partial charge in [-0.3, -0.25) is 0 Å². The number of anilines is 1. The Morgan fingerprint density at radius 1 is 1.21 bits per heavy atom. The van der Waals surface area contributed by atoms with Gasteiger partial charge in [-0.2, -0.15) is 5.10 Å². The Balaban J connectivity index is 1.94. The molecule has 1 unspecified atom stereocenters. The summed E-state index contributed by atoms with van der Waals surface area (Å²) in [5.41, 5.74) is 1.05. The molecule has 0 aromatic carbocycles. The van der Waals surface area contributed by atoms with Gasteiger partial charge in [0.2, 0.25) is 0 Å². The van der Waals surface area contributed by atoms with E-state index in [0.717, 1.165) is 37.4 Å². The van der Waals surface area contributed by atoms with Crippen molar-refractivity contribution in [1.29, 1.82) is 0 Å². The third-order valence-corrected chi connectivity index (χ3v) is 4.22. The van der Waals surface area contributed by atoms with Gasteiger partial charge in [-0.15, -0.1) is 5.10 Å². The van der Waals surface area contributed by atoms with Crippen molar-refractivity contribution in [3.8, 4) is 0 Å². The second-order valence-corrected chi connectivity index (χ2v) is 5.96. The predicted octanol–water partition coefficient (Wildman–Crippen LogP) is 2.44. The summed E-state index contributed by atoms with van der Waals surface area (Å²) < 4.78 is 0. The maximum absolute atomic E-state index is 9.22. The molecule has 0 saturated carbocycles. The maximum atomic E-state index is 9.22. The Hall–Kier alpha value is -1.16. The van der Waals surface area contributed by atoms with Crippen molar-refractivity contribution in [2.24, 2.45) is 11.8 Å². The molecule has 1 aromatic rings. The summed E-state index contributed by atoms with van der Waals surface area (Å²) >= 11 is 0. The van der Waals surface area contributed by atoms with Crippen molar-refractivity contribution >= 4 is 5.82 Å². The van der Waals surface area contributed by atoms with Crippen molar-refractivity contribution in [2.45, 2.75) is 39.5 Å². The van der Waals surface area contributed by atoms with Gasteiger partial charge in [0.15, 0.2) is 5.82 Å². The van der Waals surface area contributed by atoms with E-state index < -0.39 is 0 Å². The van der Waals surface area contributed by atoms with Gasteiger partial charge >= 0.3 is 0 Å². The lowest BCUT2D eigenvalue weighted by Gasteiger charge is -2.34. The van der Waals surface area contributed by atoms with E-state index in [2.05, 4.69) is 48.0 Å². The molecule has 1 atom stereocenters. The van der Waals surface area contributed by atoms with E-state index in [1.165, 1.54) is 0 Å². The molecule has 1 aromatic heterocycles. The first-order chi connectivity index (χ1) is 9.11. The number of aliphatic hydroxyl groups is 1. The lowest BCUT2D eigenvalue weighted by Crippen LogP contribution is -2.36. The molecule has 0 amide bonds. The molecule has 2 heterocycles. The predicted molar refractivity (Wildman–Crippen MR) is 77.3 cm³/mol. The van der Waals surface area contributed by atoms with Crippen LogP contribution in [0.5, 0.6) is 0 Å². The molecule has 106 valence electrons. The molecule has 0 bridgehead atoms. The fourth-order valence-electron chi connectivity index (χ4n) is 2.66. The normalized spacial score (nSPS) is 18.9. The molecule has 1 saturated heterocycles. The van der Waals surface area contributed by atoms with Gasteiger partial charge in [0, 0.05) is 19.7 Å². The Morgan fingerprint density at radius 2 is 1.89 bits per heavy atom. The molecular formula is C15H25N3O. The number of aromatic nitrogens is 2. The highest BCUT2D eigenvalue weighted by molar-refractivity contribution is 5.38. The average Bonchev–Trinajstić information content (AvgIpc) is 2.46. The molecule has 19 heavy (non-hydrogen) atoms. The number of hydrogen-bond acceptors (Lipinski definition) is 4.